The minimum absolute atomic E-state index is 0.305. The molecule has 1 aromatic carbocycles. The van der Waals surface area contributed by atoms with Crippen molar-refractivity contribution in [3.63, 3.8) is 0 Å². The average molecular weight is 350 g/mol. The standard InChI is InChI=1S/C10H15N3O3S.C7H8/c1-13(2,3)8(10(15)16)4-7-9(17-6-14)12-5-11-7;1-7-5-3-2-4-6-7/h5-6,8H,4H2,1-3H3,(H-,11,12,15,16);2-6H,1H3/p+1. The minimum atomic E-state index is -0.867. The highest BCUT2D eigenvalue weighted by atomic mass is 32.2. The van der Waals surface area contributed by atoms with Gasteiger partial charge in [0.25, 0.3) is 0 Å². The summed E-state index contributed by atoms with van der Waals surface area (Å²) in [6.45, 7) is 2.08. The molecule has 0 saturated carbocycles. The van der Waals surface area contributed by atoms with Gasteiger partial charge in [0, 0.05) is 0 Å². The van der Waals surface area contributed by atoms with Crippen LogP contribution in [0, 0.1) is 6.92 Å². The first kappa shape index (κ1) is 19.9. The number of hydrogen-bond donors (Lipinski definition) is 2. The zero-order valence-corrected chi connectivity index (χ0v) is 15.2. The molecule has 0 aliphatic heterocycles. The third kappa shape index (κ3) is 6.55. The van der Waals surface area contributed by atoms with Gasteiger partial charge in [-0.1, -0.05) is 35.9 Å². The van der Waals surface area contributed by atoms with E-state index >= 15 is 0 Å². The van der Waals surface area contributed by atoms with Crippen LogP contribution in [0.5, 0.6) is 0 Å². The number of H-pyrrole nitrogens is 1. The maximum atomic E-state index is 11.2. The Morgan fingerprint density at radius 2 is 1.96 bits per heavy atom. The maximum Gasteiger partial charge on any atom is 0.362 e. The fraction of sp³-hybridized carbons (Fsp3) is 0.353. The predicted octanol–water partition coefficient (Wildman–Crippen LogP) is 2.39. The number of benzene rings is 1. The summed E-state index contributed by atoms with van der Waals surface area (Å²) in [5, 5.41) is 9.74. The Bertz CT molecular complexity index is 651. The first-order valence-electron chi connectivity index (χ1n) is 7.43. The summed E-state index contributed by atoms with van der Waals surface area (Å²) in [5.41, 5.74) is 2.69. The van der Waals surface area contributed by atoms with Crippen LogP contribution in [0.25, 0.3) is 0 Å². The van der Waals surface area contributed by atoms with Crippen molar-refractivity contribution in [1.82, 2.24) is 9.97 Å². The number of aromatic amines is 1. The Balaban J connectivity index is 0.000000341. The molecule has 0 aliphatic rings. The van der Waals surface area contributed by atoms with E-state index in [1.165, 1.54) is 11.9 Å². The number of rotatable bonds is 6. The molecule has 130 valence electrons. The fourth-order valence-corrected chi connectivity index (χ4v) is 2.51. The molecule has 24 heavy (non-hydrogen) atoms. The number of carbonyl (C=O) groups is 2. The lowest BCUT2D eigenvalue weighted by molar-refractivity contribution is -0.887. The Hall–Kier alpha value is -2.12. The predicted molar refractivity (Wildman–Crippen MR) is 95.5 cm³/mol. The minimum Gasteiger partial charge on any atom is -0.477 e. The second kappa shape index (κ2) is 9.24. The molecule has 6 nitrogen and oxygen atoms in total. The van der Waals surface area contributed by atoms with Crippen molar-refractivity contribution < 1.29 is 19.2 Å². The van der Waals surface area contributed by atoms with Crippen molar-refractivity contribution in [2.45, 2.75) is 24.4 Å². The SMILES string of the molecule is C[N+](C)(C)C(Cc1[nH]cnc1SC=O)C(=O)O.Cc1ccccc1. The molecule has 0 fully saturated rings. The lowest BCUT2D eigenvalue weighted by Crippen LogP contribution is -2.51. The number of nitrogens with one attached hydrogen (secondary N) is 1. The molecule has 0 saturated heterocycles. The lowest BCUT2D eigenvalue weighted by Gasteiger charge is -2.30. The van der Waals surface area contributed by atoms with Gasteiger partial charge < -0.3 is 14.6 Å². The number of hydrogen-bond acceptors (Lipinski definition) is 4. The molecule has 2 N–H and O–H groups in total. The topological polar surface area (TPSA) is 83.0 Å². The van der Waals surface area contributed by atoms with Crippen LogP contribution < -0.4 is 0 Å². The fourth-order valence-electron chi connectivity index (χ4n) is 2.02. The Morgan fingerprint density at radius 1 is 1.33 bits per heavy atom. The zero-order chi connectivity index (χ0) is 18.2. The molecule has 1 heterocycles. The molecule has 0 spiro atoms. The number of imidazole rings is 1. The van der Waals surface area contributed by atoms with Crippen molar-refractivity contribution in [2.75, 3.05) is 21.1 Å². The summed E-state index contributed by atoms with van der Waals surface area (Å²) < 4.78 is 0.305. The van der Waals surface area contributed by atoms with Gasteiger partial charge in [-0.2, -0.15) is 0 Å². The van der Waals surface area contributed by atoms with E-state index < -0.39 is 12.0 Å². The number of carbonyl (C=O) groups excluding carboxylic acids is 1. The Kier molecular flexibility index (Phi) is 7.67. The highest BCUT2D eigenvalue weighted by molar-refractivity contribution is 8.11. The van der Waals surface area contributed by atoms with E-state index in [1.807, 2.05) is 39.3 Å². The number of thioether (sulfide) groups is 1. The molecule has 1 aromatic heterocycles. The van der Waals surface area contributed by atoms with Crippen LogP contribution in [0.4, 0.5) is 0 Å². The number of quaternary nitrogens is 1. The second-order valence-electron chi connectivity index (χ2n) is 6.23. The zero-order valence-electron chi connectivity index (χ0n) is 14.4. The molecule has 0 aliphatic carbocycles. The van der Waals surface area contributed by atoms with Crippen molar-refractivity contribution in [3.05, 3.63) is 47.9 Å². The first-order valence-corrected chi connectivity index (χ1v) is 8.31. The van der Waals surface area contributed by atoms with Crippen molar-refractivity contribution in [1.29, 1.82) is 0 Å². The van der Waals surface area contributed by atoms with Crippen LogP contribution in [0.2, 0.25) is 0 Å². The lowest BCUT2D eigenvalue weighted by atomic mass is 10.1. The highest BCUT2D eigenvalue weighted by Gasteiger charge is 2.32. The average Bonchev–Trinajstić information content (AvgIpc) is 2.92. The largest absolute Gasteiger partial charge is 0.477 e. The number of aryl methyl sites for hydroxylation is 1. The molecule has 1 unspecified atom stereocenters. The smallest absolute Gasteiger partial charge is 0.362 e. The van der Waals surface area contributed by atoms with E-state index in [9.17, 15) is 14.7 Å². The number of nitrogens with zero attached hydrogens (tertiary/aromatic N) is 2. The van der Waals surface area contributed by atoms with E-state index in [0.717, 1.165) is 11.8 Å². The van der Waals surface area contributed by atoms with Crippen LogP contribution in [-0.2, 0) is 16.0 Å². The quantitative estimate of drug-likeness (QED) is 0.475. The third-order valence-electron chi connectivity index (χ3n) is 3.40. The highest BCUT2D eigenvalue weighted by Crippen LogP contribution is 2.20. The number of likely N-dealkylation sites (N-methyl/N-ethyl adjacent to an activating group) is 1. The van der Waals surface area contributed by atoms with Gasteiger partial charge >= 0.3 is 5.97 Å². The maximum absolute atomic E-state index is 11.2. The van der Waals surface area contributed by atoms with Crippen molar-refractivity contribution >= 4 is 23.3 Å². The van der Waals surface area contributed by atoms with Crippen molar-refractivity contribution in [3.8, 4) is 0 Å². The summed E-state index contributed by atoms with van der Waals surface area (Å²) in [6, 6.07) is 9.68. The van der Waals surface area contributed by atoms with Crippen molar-refractivity contribution in [2.24, 2.45) is 0 Å². The van der Waals surface area contributed by atoms with Gasteiger partial charge in [0.05, 0.1) is 39.6 Å². The van der Waals surface area contributed by atoms with Gasteiger partial charge in [0.1, 0.15) is 5.03 Å². The van der Waals surface area contributed by atoms with Gasteiger partial charge in [0.2, 0.25) is 0 Å². The van der Waals surface area contributed by atoms with E-state index in [4.69, 9.17) is 0 Å². The summed E-state index contributed by atoms with van der Waals surface area (Å²) in [7, 11) is 5.46. The van der Waals surface area contributed by atoms with Gasteiger partial charge in [-0.05, 0) is 18.7 Å². The monoisotopic (exact) mass is 350 g/mol. The van der Waals surface area contributed by atoms with E-state index in [2.05, 4.69) is 29.0 Å². The summed E-state index contributed by atoms with van der Waals surface area (Å²) in [6.07, 6.45) is 1.78. The normalized spacial score (nSPS) is 12.0. The van der Waals surface area contributed by atoms with Gasteiger partial charge in [-0.25, -0.2) is 9.78 Å². The Labute approximate surface area is 146 Å². The number of aromatic nitrogens is 2. The summed E-state index contributed by atoms with van der Waals surface area (Å²) in [5.74, 6) is -0.867. The molecule has 0 amide bonds. The molecule has 2 rings (SSSR count). The van der Waals surface area contributed by atoms with Crippen LogP contribution in [0.3, 0.4) is 0 Å². The van der Waals surface area contributed by atoms with E-state index in [1.54, 1.807) is 0 Å². The molecule has 7 heteroatoms. The van der Waals surface area contributed by atoms with Crippen LogP contribution in [0.15, 0.2) is 41.7 Å². The van der Waals surface area contributed by atoms with Crippen LogP contribution in [-0.4, -0.2) is 58.3 Å². The van der Waals surface area contributed by atoms with Crippen LogP contribution >= 0.6 is 11.8 Å². The van der Waals surface area contributed by atoms with Gasteiger partial charge in [0.15, 0.2) is 11.7 Å². The number of carboxylic acids is 1. The first-order chi connectivity index (χ1) is 11.3. The molecular weight excluding hydrogens is 326 g/mol. The number of carboxylic acid groups (broad SMARTS) is 1. The summed E-state index contributed by atoms with van der Waals surface area (Å²) in [4.78, 5) is 28.5. The molecule has 0 radical (unpaired) electrons. The van der Waals surface area contributed by atoms with E-state index in [0.29, 0.717) is 27.2 Å². The van der Waals surface area contributed by atoms with Gasteiger partial charge in [-0.3, -0.25) is 4.79 Å². The molecule has 2 aromatic rings. The van der Waals surface area contributed by atoms with Crippen LogP contribution in [0.1, 0.15) is 11.3 Å². The molecule has 0 bridgehead atoms. The number of aliphatic carboxylic acids is 1. The van der Waals surface area contributed by atoms with E-state index in [-0.39, 0.29) is 0 Å². The third-order valence-corrected chi connectivity index (χ3v) is 4.07. The van der Waals surface area contributed by atoms with Gasteiger partial charge in [-0.15, -0.1) is 0 Å². The second-order valence-corrected chi connectivity index (χ2v) is 7.04. The summed E-state index contributed by atoms with van der Waals surface area (Å²) >= 11 is 0.950. The Morgan fingerprint density at radius 3 is 2.38 bits per heavy atom. The molecule has 1 atom stereocenters. The molecular formula is C17H24N3O3S+.